The Balaban J connectivity index is 1.72. The Morgan fingerprint density at radius 1 is 1.33 bits per heavy atom. The molecule has 0 saturated heterocycles. The van der Waals surface area contributed by atoms with Crippen molar-refractivity contribution in [2.24, 2.45) is 5.92 Å². The molecule has 0 bridgehead atoms. The van der Waals surface area contributed by atoms with E-state index < -0.39 is 0 Å². The molecule has 1 amide bonds. The van der Waals surface area contributed by atoms with E-state index in [9.17, 15) is 9.90 Å². The van der Waals surface area contributed by atoms with Gasteiger partial charge < -0.3 is 10.4 Å². The first kappa shape index (κ1) is 13.6. The van der Waals surface area contributed by atoms with E-state index in [1.54, 1.807) is 6.20 Å². The second kappa shape index (κ2) is 5.95. The van der Waals surface area contributed by atoms with Crippen molar-refractivity contribution in [2.75, 3.05) is 0 Å². The second-order valence-corrected chi connectivity index (χ2v) is 5.35. The van der Waals surface area contributed by atoms with Crippen LogP contribution in [-0.4, -0.2) is 16.0 Å². The topological polar surface area (TPSA) is 62.2 Å². The van der Waals surface area contributed by atoms with Crippen LogP contribution in [0.4, 0.5) is 0 Å². The number of nitrogens with one attached hydrogen (secondary N) is 1. The summed E-state index contributed by atoms with van der Waals surface area (Å²) >= 11 is 0. The number of rotatable bonds is 3. The van der Waals surface area contributed by atoms with Crippen LogP contribution in [0.2, 0.25) is 0 Å². The number of amides is 1. The molecule has 4 nitrogen and oxygen atoms in total. The summed E-state index contributed by atoms with van der Waals surface area (Å²) in [7, 11) is 0. The van der Waals surface area contributed by atoms with E-state index in [1.807, 2.05) is 24.3 Å². The number of aromatic hydroxyl groups is 1. The van der Waals surface area contributed by atoms with Crippen molar-refractivity contribution >= 4 is 16.8 Å². The maximum atomic E-state index is 12.1. The predicted octanol–water partition coefficient (Wildman–Crippen LogP) is 2.91. The first-order valence-electron chi connectivity index (χ1n) is 7.24. The third-order valence-corrected chi connectivity index (χ3v) is 3.92. The number of hydrogen-bond acceptors (Lipinski definition) is 3. The van der Waals surface area contributed by atoms with Gasteiger partial charge in [0, 0.05) is 29.6 Å². The highest BCUT2D eigenvalue weighted by atomic mass is 16.3. The number of benzene rings is 1. The normalized spacial score (nSPS) is 17.8. The number of fused-ring (bicyclic) bond motifs is 1. The Kier molecular flexibility index (Phi) is 3.86. The zero-order valence-corrected chi connectivity index (χ0v) is 11.7. The fourth-order valence-corrected chi connectivity index (χ4v) is 2.67. The molecule has 4 heteroatoms. The number of carbonyl (C=O) groups excluding carboxylic acids is 1. The van der Waals surface area contributed by atoms with Crippen LogP contribution in [0.5, 0.6) is 5.75 Å². The number of carbonyl (C=O) groups is 1. The minimum atomic E-state index is 0.0516. The molecule has 3 rings (SSSR count). The average molecular weight is 282 g/mol. The van der Waals surface area contributed by atoms with Gasteiger partial charge in [0.15, 0.2) is 0 Å². The molecular weight excluding hydrogens is 264 g/mol. The van der Waals surface area contributed by atoms with Gasteiger partial charge in [-0.2, -0.15) is 0 Å². The van der Waals surface area contributed by atoms with Gasteiger partial charge in [0.1, 0.15) is 11.3 Å². The summed E-state index contributed by atoms with van der Waals surface area (Å²) in [6, 6.07) is 7.48. The Morgan fingerprint density at radius 2 is 2.24 bits per heavy atom. The smallest absolute Gasteiger partial charge is 0.223 e. The number of allylic oxidation sites excluding steroid dienone is 2. The fourth-order valence-electron chi connectivity index (χ4n) is 2.67. The van der Waals surface area contributed by atoms with Gasteiger partial charge >= 0.3 is 0 Å². The molecule has 0 saturated carbocycles. The Morgan fingerprint density at radius 3 is 3.05 bits per heavy atom. The van der Waals surface area contributed by atoms with E-state index in [-0.39, 0.29) is 17.6 Å². The molecule has 1 aromatic heterocycles. The number of nitrogens with zero attached hydrogens (tertiary/aromatic N) is 1. The van der Waals surface area contributed by atoms with Crippen molar-refractivity contribution in [1.29, 1.82) is 0 Å². The lowest BCUT2D eigenvalue weighted by Gasteiger charge is -2.17. The molecule has 1 atom stereocenters. The van der Waals surface area contributed by atoms with Crippen molar-refractivity contribution in [3.05, 3.63) is 48.2 Å². The maximum absolute atomic E-state index is 12.1. The second-order valence-electron chi connectivity index (χ2n) is 5.35. The number of pyridine rings is 1. The number of hydrogen-bond donors (Lipinski definition) is 2. The first-order chi connectivity index (χ1) is 10.3. The lowest BCUT2D eigenvalue weighted by Crippen LogP contribution is -2.30. The quantitative estimate of drug-likeness (QED) is 0.851. The molecule has 21 heavy (non-hydrogen) atoms. The minimum absolute atomic E-state index is 0.0516. The van der Waals surface area contributed by atoms with Crippen LogP contribution >= 0.6 is 0 Å². The summed E-state index contributed by atoms with van der Waals surface area (Å²) in [5, 5.41) is 14.1. The van der Waals surface area contributed by atoms with E-state index in [0.717, 1.165) is 24.6 Å². The Bertz CT molecular complexity index is 694. The molecular formula is C17H18N2O2. The van der Waals surface area contributed by atoms with Gasteiger partial charge in [0.25, 0.3) is 0 Å². The van der Waals surface area contributed by atoms with Gasteiger partial charge in [-0.15, -0.1) is 0 Å². The molecule has 1 heterocycles. The fraction of sp³-hybridized carbons (Fsp3) is 0.294. The van der Waals surface area contributed by atoms with Crippen LogP contribution in [0.1, 0.15) is 24.8 Å². The van der Waals surface area contributed by atoms with Crippen molar-refractivity contribution < 1.29 is 9.90 Å². The summed E-state index contributed by atoms with van der Waals surface area (Å²) in [5.74, 6) is 0.257. The van der Waals surface area contributed by atoms with Gasteiger partial charge in [0.05, 0.1) is 0 Å². The molecule has 0 aliphatic heterocycles. The van der Waals surface area contributed by atoms with Gasteiger partial charge in [-0.05, 0) is 25.3 Å². The summed E-state index contributed by atoms with van der Waals surface area (Å²) in [6.45, 7) is 0.331. The highest BCUT2D eigenvalue weighted by molar-refractivity contribution is 5.85. The SMILES string of the molecule is O=C(NCc1ccc2cccnc2c1O)[C@H]1CC=CCC1. The van der Waals surface area contributed by atoms with Crippen molar-refractivity contribution in [3.8, 4) is 5.75 Å². The van der Waals surface area contributed by atoms with Crippen molar-refractivity contribution in [1.82, 2.24) is 10.3 Å². The van der Waals surface area contributed by atoms with E-state index >= 15 is 0 Å². The largest absolute Gasteiger partial charge is 0.505 e. The number of phenols is 1. The highest BCUT2D eigenvalue weighted by Gasteiger charge is 2.18. The Labute approximate surface area is 123 Å². The third kappa shape index (κ3) is 2.89. The van der Waals surface area contributed by atoms with Crippen LogP contribution in [0, 0.1) is 5.92 Å². The minimum Gasteiger partial charge on any atom is -0.505 e. The highest BCUT2D eigenvalue weighted by Crippen LogP contribution is 2.27. The van der Waals surface area contributed by atoms with Crippen LogP contribution in [0.3, 0.4) is 0 Å². The molecule has 1 aromatic carbocycles. The molecule has 1 aliphatic carbocycles. The lowest BCUT2D eigenvalue weighted by molar-refractivity contribution is -0.125. The Hall–Kier alpha value is -2.36. The molecule has 108 valence electrons. The molecule has 1 aliphatic rings. The van der Waals surface area contributed by atoms with Crippen LogP contribution < -0.4 is 5.32 Å². The van der Waals surface area contributed by atoms with E-state index in [2.05, 4.69) is 22.5 Å². The van der Waals surface area contributed by atoms with Gasteiger partial charge in [-0.3, -0.25) is 9.78 Å². The number of phenolic OH excluding ortho intramolecular Hbond substituents is 1. The molecule has 0 unspecified atom stereocenters. The lowest BCUT2D eigenvalue weighted by atomic mass is 9.93. The van der Waals surface area contributed by atoms with Gasteiger partial charge in [-0.1, -0.05) is 30.4 Å². The third-order valence-electron chi connectivity index (χ3n) is 3.92. The predicted molar refractivity (Wildman–Crippen MR) is 81.7 cm³/mol. The summed E-state index contributed by atoms with van der Waals surface area (Å²) in [5.41, 5.74) is 1.27. The summed E-state index contributed by atoms with van der Waals surface area (Å²) < 4.78 is 0. The monoisotopic (exact) mass is 282 g/mol. The molecule has 2 N–H and O–H groups in total. The molecule has 0 spiro atoms. The summed E-state index contributed by atoms with van der Waals surface area (Å²) in [6.07, 6.45) is 8.49. The van der Waals surface area contributed by atoms with Gasteiger partial charge in [0.2, 0.25) is 5.91 Å². The van der Waals surface area contributed by atoms with Crippen LogP contribution in [-0.2, 0) is 11.3 Å². The maximum Gasteiger partial charge on any atom is 0.223 e. The van der Waals surface area contributed by atoms with E-state index in [1.165, 1.54) is 0 Å². The van der Waals surface area contributed by atoms with E-state index in [4.69, 9.17) is 0 Å². The van der Waals surface area contributed by atoms with Gasteiger partial charge in [-0.25, -0.2) is 0 Å². The molecule has 2 aromatic rings. The zero-order chi connectivity index (χ0) is 14.7. The standard InChI is InChI=1S/C17H18N2O2/c20-16-14(9-8-12-7-4-10-18-15(12)16)11-19-17(21)13-5-2-1-3-6-13/h1-2,4,7-10,13,20H,3,5-6,11H2,(H,19,21)/t13-/m0/s1. The van der Waals surface area contributed by atoms with Crippen LogP contribution in [0.15, 0.2) is 42.6 Å². The number of aromatic nitrogens is 1. The first-order valence-corrected chi connectivity index (χ1v) is 7.24. The average Bonchev–Trinajstić information content (AvgIpc) is 2.55. The summed E-state index contributed by atoms with van der Waals surface area (Å²) in [4.78, 5) is 16.3. The van der Waals surface area contributed by atoms with Crippen molar-refractivity contribution in [2.45, 2.75) is 25.8 Å². The molecule has 0 radical (unpaired) electrons. The van der Waals surface area contributed by atoms with Crippen molar-refractivity contribution in [3.63, 3.8) is 0 Å². The van der Waals surface area contributed by atoms with E-state index in [0.29, 0.717) is 17.6 Å². The molecule has 0 fully saturated rings. The zero-order valence-electron chi connectivity index (χ0n) is 11.7. The van der Waals surface area contributed by atoms with Crippen LogP contribution in [0.25, 0.3) is 10.9 Å².